The van der Waals surface area contributed by atoms with Crippen molar-refractivity contribution in [1.82, 2.24) is 4.90 Å². The van der Waals surface area contributed by atoms with Crippen molar-refractivity contribution in [1.29, 1.82) is 0 Å². The molecule has 2 atom stereocenters. The van der Waals surface area contributed by atoms with Gasteiger partial charge < -0.3 is 9.80 Å². The lowest BCUT2D eigenvalue weighted by molar-refractivity contribution is -0.909. The van der Waals surface area contributed by atoms with Crippen molar-refractivity contribution in [2.24, 2.45) is 5.92 Å². The van der Waals surface area contributed by atoms with Gasteiger partial charge in [0.2, 0.25) is 0 Å². The molecule has 1 aliphatic rings. The van der Waals surface area contributed by atoms with Crippen molar-refractivity contribution >= 4 is 17.7 Å². The Bertz CT molecular complexity index is 844. The van der Waals surface area contributed by atoms with Crippen molar-refractivity contribution in [2.75, 3.05) is 25.4 Å². The van der Waals surface area contributed by atoms with Gasteiger partial charge in [0, 0.05) is 23.8 Å². The van der Waals surface area contributed by atoms with Gasteiger partial charge in [0.05, 0.1) is 6.54 Å². The number of thioether (sulfide) groups is 1. The SMILES string of the molecule is CC(C)C[NH+](CC(=O)N1CCS[C@@H]1c1ccc(F)cc1)Cc1ccc(F)c(F)c1. The average Bonchev–Trinajstić information content (AvgIpc) is 3.15. The number of hydrogen-bond acceptors (Lipinski definition) is 2. The fourth-order valence-electron chi connectivity index (χ4n) is 3.67. The van der Waals surface area contributed by atoms with E-state index in [-0.39, 0.29) is 23.6 Å². The van der Waals surface area contributed by atoms with Gasteiger partial charge in [-0.15, -0.1) is 11.8 Å². The molecule has 1 saturated heterocycles. The van der Waals surface area contributed by atoms with E-state index >= 15 is 0 Å². The zero-order chi connectivity index (χ0) is 21.0. The maximum absolute atomic E-state index is 13.6. The van der Waals surface area contributed by atoms with Gasteiger partial charge in [-0.1, -0.05) is 32.0 Å². The summed E-state index contributed by atoms with van der Waals surface area (Å²) in [5.41, 5.74) is 1.58. The molecule has 0 aromatic heterocycles. The fraction of sp³-hybridized carbons (Fsp3) is 0.409. The molecule has 1 amide bonds. The molecule has 1 aliphatic heterocycles. The minimum Gasteiger partial charge on any atom is -0.323 e. The third kappa shape index (κ3) is 5.76. The second-order valence-corrected chi connectivity index (χ2v) is 9.00. The van der Waals surface area contributed by atoms with Gasteiger partial charge in [-0.05, 0) is 29.8 Å². The van der Waals surface area contributed by atoms with Gasteiger partial charge >= 0.3 is 0 Å². The number of hydrogen-bond donors (Lipinski definition) is 1. The number of benzene rings is 2. The van der Waals surface area contributed by atoms with Crippen molar-refractivity contribution < 1.29 is 22.9 Å². The van der Waals surface area contributed by atoms with Crippen LogP contribution in [0.25, 0.3) is 0 Å². The number of carbonyl (C=O) groups is 1. The second kappa shape index (κ2) is 9.67. The minimum atomic E-state index is -0.870. The maximum atomic E-state index is 13.6. The maximum Gasteiger partial charge on any atom is 0.278 e. The van der Waals surface area contributed by atoms with Crippen LogP contribution in [0.4, 0.5) is 13.2 Å². The van der Waals surface area contributed by atoms with E-state index in [1.807, 2.05) is 4.90 Å². The number of rotatable bonds is 7. The lowest BCUT2D eigenvalue weighted by atomic mass is 10.1. The molecule has 0 saturated carbocycles. The number of quaternary nitrogens is 1. The summed E-state index contributed by atoms with van der Waals surface area (Å²) in [6, 6.07) is 10.2. The summed E-state index contributed by atoms with van der Waals surface area (Å²) >= 11 is 1.67. The Hall–Kier alpha value is -1.99. The van der Waals surface area contributed by atoms with Crippen LogP contribution >= 0.6 is 11.8 Å². The topological polar surface area (TPSA) is 24.8 Å². The van der Waals surface area contributed by atoms with Crippen LogP contribution in [0, 0.1) is 23.4 Å². The molecule has 0 aliphatic carbocycles. The monoisotopic (exact) mass is 423 g/mol. The van der Waals surface area contributed by atoms with Gasteiger partial charge in [0.1, 0.15) is 17.7 Å². The number of nitrogens with zero attached hydrogens (tertiary/aromatic N) is 1. The lowest BCUT2D eigenvalue weighted by Gasteiger charge is -2.27. The third-order valence-electron chi connectivity index (χ3n) is 4.90. The first kappa shape index (κ1) is 21.7. The van der Waals surface area contributed by atoms with Crippen LogP contribution < -0.4 is 4.90 Å². The Morgan fingerprint density at radius 1 is 1.14 bits per heavy atom. The number of amides is 1. The van der Waals surface area contributed by atoms with Gasteiger partial charge in [-0.2, -0.15) is 0 Å². The van der Waals surface area contributed by atoms with Crippen molar-refractivity contribution in [3.05, 3.63) is 71.0 Å². The zero-order valence-corrected chi connectivity index (χ0v) is 17.4. The number of carbonyl (C=O) groups excluding carboxylic acids is 1. The minimum absolute atomic E-state index is 0.0163. The Morgan fingerprint density at radius 2 is 1.86 bits per heavy atom. The summed E-state index contributed by atoms with van der Waals surface area (Å²) < 4.78 is 40.0. The Balaban J connectivity index is 1.71. The van der Waals surface area contributed by atoms with E-state index < -0.39 is 11.6 Å². The summed E-state index contributed by atoms with van der Waals surface area (Å²) in [5, 5.41) is -0.119. The van der Waals surface area contributed by atoms with Crippen LogP contribution in [0.15, 0.2) is 42.5 Å². The molecular formula is C22H26F3N2OS+. The first-order chi connectivity index (χ1) is 13.8. The standard InChI is InChI=1S/C22H25F3N2OS/c1-15(2)12-26(13-16-3-8-19(24)20(25)11-16)14-21(28)27-9-10-29-22(27)17-4-6-18(23)7-5-17/h3-8,11,15,22H,9-10,12-14H2,1-2H3/p+1/t22-/m1/s1. The van der Waals surface area contributed by atoms with E-state index in [1.54, 1.807) is 30.0 Å². The fourth-order valence-corrected chi connectivity index (χ4v) is 4.94. The van der Waals surface area contributed by atoms with Crippen LogP contribution in [0.1, 0.15) is 30.3 Å². The molecule has 0 spiro atoms. The molecule has 29 heavy (non-hydrogen) atoms. The van der Waals surface area contributed by atoms with E-state index in [4.69, 9.17) is 0 Å². The van der Waals surface area contributed by atoms with Crippen LogP contribution in [0.3, 0.4) is 0 Å². The van der Waals surface area contributed by atoms with E-state index in [1.165, 1.54) is 18.2 Å². The molecule has 3 nitrogen and oxygen atoms in total. The summed E-state index contributed by atoms with van der Waals surface area (Å²) in [4.78, 5) is 15.9. The molecule has 0 bridgehead atoms. The molecule has 156 valence electrons. The molecular weight excluding hydrogens is 397 g/mol. The molecule has 1 N–H and O–H groups in total. The highest BCUT2D eigenvalue weighted by Crippen LogP contribution is 2.37. The van der Waals surface area contributed by atoms with Crippen LogP contribution in [0.2, 0.25) is 0 Å². The van der Waals surface area contributed by atoms with Crippen LogP contribution in [-0.2, 0) is 11.3 Å². The predicted molar refractivity (Wildman–Crippen MR) is 109 cm³/mol. The summed E-state index contributed by atoms with van der Waals surface area (Å²) in [5.74, 6) is -0.840. The first-order valence-electron chi connectivity index (χ1n) is 9.77. The lowest BCUT2D eigenvalue weighted by Crippen LogP contribution is -3.12. The number of nitrogens with one attached hydrogen (secondary N) is 1. The molecule has 3 rings (SSSR count). The summed E-state index contributed by atoms with van der Waals surface area (Å²) in [6.07, 6.45) is 0. The largest absolute Gasteiger partial charge is 0.323 e. The highest BCUT2D eigenvalue weighted by molar-refractivity contribution is 7.99. The normalized spacial score (nSPS) is 17.7. The van der Waals surface area contributed by atoms with Gasteiger partial charge in [0.15, 0.2) is 18.2 Å². The van der Waals surface area contributed by atoms with Crippen LogP contribution in [0.5, 0.6) is 0 Å². The highest BCUT2D eigenvalue weighted by Gasteiger charge is 2.32. The van der Waals surface area contributed by atoms with Crippen molar-refractivity contribution in [3.8, 4) is 0 Å². The molecule has 2 aromatic carbocycles. The van der Waals surface area contributed by atoms with Gasteiger partial charge in [-0.3, -0.25) is 4.79 Å². The third-order valence-corrected chi connectivity index (χ3v) is 6.16. The van der Waals surface area contributed by atoms with Gasteiger partial charge in [0.25, 0.3) is 5.91 Å². The molecule has 2 aromatic rings. The van der Waals surface area contributed by atoms with E-state index in [0.717, 1.165) is 28.8 Å². The summed E-state index contributed by atoms with van der Waals surface area (Å²) in [7, 11) is 0. The Kier molecular flexibility index (Phi) is 7.24. The second-order valence-electron chi connectivity index (χ2n) is 7.81. The molecule has 0 radical (unpaired) electrons. The van der Waals surface area contributed by atoms with Gasteiger partial charge in [-0.25, -0.2) is 13.2 Å². The summed E-state index contributed by atoms with van der Waals surface area (Å²) in [6.45, 7) is 6.25. The zero-order valence-electron chi connectivity index (χ0n) is 16.6. The van der Waals surface area contributed by atoms with E-state index in [9.17, 15) is 18.0 Å². The first-order valence-corrected chi connectivity index (χ1v) is 10.8. The Labute approximate surface area is 173 Å². The molecule has 1 unspecified atom stereocenters. The Morgan fingerprint density at radius 3 is 2.52 bits per heavy atom. The molecule has 1 heterocycles. The van der Waals surface area contributed by atoms with E-state index in [0.29, 0.717) is 24.6 Å². The van der Waals surface area contributed by atoms with Crippen LogP contribution in [-0.4, -0.2) is 36.2 Å². The molecule has 1 fully saturated rings. The predicted octanol–water partition coefficient (Wildman–Crippen LogP) is 3.42. The number of halogens is 3. The average molecular weight is 424 g/mol. The highest BCUT2D eigenvalue weighted by atomic mass is 32.2. The molecule has 7 heteroatoms. The van der Waals surface area contributed by atoms with Crippen molar-refractivity contribution in [2.45, 2.75) is 25.8 Å². The van der Waals surface area contributed by atoms with Crippen molar-refractivity contribution in [3.63, 3.8) is 0 Å². The quantitative estimate of drug-likeness (QED) is 0.738. The smallest absolute Gasteiger partial charge is 0.278 e. The van der Waals surface area contributed by atoms with E-state index in [2.05, 4.69) is 13.8 Å².